The Labute approximate surface area is 95.7 Å². The van der Waals surface area contributed by atoms with Crippen molar-refractivity contribution in [2.45, 2.75) is 17.0 Å². The Hall–Kier alpha value is -1.08. The lowest BCUT2D eigenvalue weighted by molar-refractivity contribution is 0.727. The van der Waals surface area contributed by atoms with Gasteiger partial charge < -0.3 is 5.73 Å². The number of thioether (sulfide) groups is 1. The van der Waals surface area contributed by atoms with Crippen LogP contribution >= 0.6 is 23.1 Å². The molecule has 5 nitrogen and oxygen atoms in total. The first-order chi connectivity index (χ1) is 7.15. The number of nitrogen functional groups attached to an aromatic ring is 1. The second-order valence-corrected chi connectivity index (χ2v) is 5.33. The van der Waals surface area contributed by atoms with Gasteiger partial charge in [0, 0.05) is 18.5 Å². The molecule has 0 atom stereocenters. The zero-order valence-corrected chi connectivity index (χ0v) is 10.1. The summed E-state index contributed by atoms with van der Waals surface area (Å²) in [6, 6.07) is 2.07. The second kappa shape index (κ2) is 4.19. The fourth-order valence-corrected chi connectivity index (χ4v) is 2.86. The van der Waals surface area contributed by atoms with Crippen LogP contribution in [0.15, 0.2) is 10.4 Å². The molecule has 2 aromatic heterocycles. The summed E-state index contributed by atoms with van der Waals surface area (Å²) in [5.74, 6) is 0.839. The van der Waals surface area contributed by atoms with Crippen LogP contribution in [-0.2, 0) is 12.8 Å². The van der Waals surface area contributed by atoms with Crippen LogP contribution in [0.5, 0.6) is 0 Å². The highest BCUT2D eigenvalue weighted by atomic mass is 32.2. The molecule has 0 aliphatic rings. The largest absolute Gasteiger partial charge is 0.374 e. The Morgan fingerprint density at radius 3 is 2.87 bits per heavy atom. The smallest absolute Gasteiger partial charge is 0.203 e. The van der Waals surface area contributed by atoms with Gasteiger partial charge in [0.05, 0.1) is 5.69 Å². The lowest BCUT2D eigenvalue weighted by atomic mass is 10.4. The van der Waals surface area contributed by atoms with Gasteiger partial charge in [-0.15, -0.1) is 10.2 Å². The summed E-state index contributed by atoms with van der Waals surface area (Å²) in [4.78, 5) is 0. The highest BCUT2D eigenvalue weighted by molar-refractivity contribution is 8.00. The molecular formula is C8H11N5S2. The number of rotatable bonds is 3. The monoisotopic (exact) mass is 241 g/mol. The normalized spacial score (nSPS) is 10.8. The number of nitrogens with zero attached hydrogens (tertiary/aromatic N) is 4. The van der Waals surface area contributed by atoms with E-state index >= 15 is 0 Å². The van der Waals surface area contributed by atoms with Crippen LogP contribution in [-0.4, -0.2) is 20.0 Å². The molecule has 0 radical (unpaired) electrons. The van der Waals surface area contributed by atoms with Crippen molar-refractivity contribution in [1.29, 1.82) is 0 Å². The molecule has 2 heterocycles. The van der Waals surface area contributed by atoms with Gasteiger partial charge in [-0.1, -0.05) is 23.1 Å². The van der Waals surface area contributed by atoms with E-state index in [4.69, 9.17) is 5.73 Å². The van der Waals surface area contributed by atoms with Gasteiger partial charge in [-0.05, 0) is 13.0 Å². The molecule has 0 unspecified atom stereocenters. The number of aromatic nitrogens is 4. The highest BCUT2D eigenvalue weighted by Gasteiger charge is 2.05. The molecule has 2 N–H and O–H groups in total. The molecule has 7 heteroatoms. The number of anilines is 1. The van der Waals surface area contributed by atoms with Crippen molar-refractivity contribution in [1.82, 2.24) is 20.0 Å². The van der Waals surface area contributed by atoms with Crippen LogP contribution in [0.25, 0.3) is 0 Å². The summed E-state index contributed by atoms with van der Waals surface area (Å²) in [6.45, 7) is 1.98. The molecule has 0 aliphatic carbocycles. The number of aryl methyl sites for hydroxylation is 2. The summed E-state index contributed by atoms with van der Waals surface area (Å²) in [6.07, 6.45) is 0. The van der Waals surface area contributed by atoms with E-state index in [9.17, 15) is 0 Å². The maximum atomic E-state index is 5.50. The van der Waals surface area contributed by atoms with Gasteiger partial charge in [-0.25, -0.2) is 0 Å². The van der Waals surface area contributed by atoms with E-state index in [0.29, 0.717) is 5.13 Å². The van der Waals surface area contributed by atoms with Crippen molar-refractivity contribution >= 4 is 28.2 Å². The molecule has 80 valence electrons. The van der Waals surface area contributed by atoms with Gasteiger partial charge in [0.1, 0.15) is 0 Å². The third kappa shape index (κ3) is 2.48. The van der Waals surface area contributed by atoms with Crippen LogP contribution in [0.4, 0.5) is 5.13 Å². The summed E-state index contributed by atoms with van der Waals surface area (Å²) in [5, 5.41) is 12.5. The molecule has 0 amide bonds. The summed E-state index contributed by atoms with van der Waals surface area (Å²) in [5.41, 5.74) is 7.70. The second-order valence-electron chi connectivity index (χ2n) is 3.10. The van der Waals surface area contributed by atoms with E-state index < -0.39 is 0 Å². The Morgan fingerprint density at radius 1 is 1.53 bits per heavy atom. The lowest BCUT2D eigenvalue weighted by Gasteiger charge is -1.97. The van der Waals surface area contributed by atoms with Crippen molar-refractivity contribution in [3.8, 4) is 0 Å². The van der Waals surface area contributed by atoms with Gasteiger partial charge in [0.25, 0.3) is 0 Å². The first-order valence-electron chi connectivity index (χ1n) is 4.36. The highest BCUT2D eigenvalue weighted by Crippen LogP contribution is 2.26. The summed E-state index contributed by atoms with van der Waals surface area (Å²) in [7, 11) is 1.94. The average molecular weight is 241 g/mol. The first kappa shape index (κ1) is 10.4. The van der Waals surface area contributed by atoms with Crippen molar-refractivity contribution in [3.05, 3.63) is 17.5 Å². The summed E-state index contributed by atoms with van der Waals surface area (Å²) >= 11 is 3.03. The van der Waals surface area contributed by atoms with E-state index in [1.807, 2.05) is 18.7 Å². The number of hydrogen-bond acceptors (Lipinski definition) is 6. The van der Waals surface area contributed by atoms with Gasteiger partial charge in [-0.2, -0.15) is 5.10 Å². The van der Waals surface area contributed by atoms with E-state index in [0.717, 1.165) is 15.8 Å². The molecule has 0 aliphatic heterocycles. The molecule has 15 heavy (non-hydrogen) atoms. The minimum absolute atomic E-state index is 0.513. The molecule has 0 fully saturated rings. The third-order valence-corrected chi connectivity index (χ3v) is 3.78. The Bertz CT molecular complexity index is 461. The van der Waals surface area contributed by atoms with Crippen molar-refractivity contribution in [3.63, 3.8) is 0 Å². The minimum Gasteiger partial charge on any atom is -0.374 e. The SMILES string of the molecule is Cc1cc(CSc2nnc(N)s2)n(C)n1. The zero-order valence-electron chi connectivity index (χ0n) is 8.47. The van der Waals surface area contributed by atoms with E-state index in [1.54, 1.807) is 11.8 Å². The summed E-state index contributed by atoms with van der Waals surface area (Å²) < 4.78 is 2.78. The topological polar surface area (TPSA) is 69.6 Å². The standard InChI is InChI=1S/C8H11N5S2/c1-5-3-6(13(2)12-5)4-14-8-11-10-7(9)15-8/h3H,4H2,1-2H3,(H2,9,10). The Kier molecular flexibility index (Phi) is 2.92. The van der Waals surface area contributed by atoms with Gasteiger partial charge in [0.2, 0.25) is 5.13 Å². The predicted octanol–water partition coefficient (Wildman–Crippen LogP) is 1.45. The van der Waals surface area contributed by atoms with Gasteiger partial charge in [0.15, 0.2) is 4.34 Å². The number of hydrogen-bond donors (Lipinski definition) is 1. The van der Waals surface area contributed by atoms with Crippen molar-refractivity contribution < 1.29 is 0 Å². The van der Waals surface area contributed by atoms with Crippen LogP contribution in [0, 0.1) is 6.92 Å². The van der Waals surface area contributed by atoms with Crippen LogP contribution in [0.2, 0.25) is 0 Å². The van der Waals surface area contributed by atoms with Gasteiger partial charge in [-0.3, -0.25) is 4.68 Å². The Balaban J connectivity index is 2.01. The van der Waals surface area contributed by atoms with Crippen molar-refractivity contribution in [2.24, 2.45) is 7.05 Å². The fourth-order valence-electron chi connectivity index (χ4n) is 1.21. The molecule has 2 rings (SSSR count). The van der Waals surface area contributed by atoms with Crippen molar-refractivity contribution in [2.75, 3.05) is 5.73 Å². The molecule has 0 saturated carbocycles. The maximum absolute atomic E-state index is 5.50. The predicted molar refractivity (Wildman–Crippen MR) is 61.8 cm³/mol. The zero-order chi connectivity index (χ0) is 10.8. The quantitative estimate of drug-likeness (QED) is 0.824. The first-order valence-corrected chi connectivity index (χ1v) is 6.16. The molecule has 0 bridgehead atoms. The molecule has 0 saturated heterocycles. The molecule has 2 aromatic rings. The average Bonchev–Trinajstić information content (AvgIpc) is 2.70. The fraction of sp³-hybridized carbons (Fsp3) is 0.375. The Morgan fingerprint density at radius 2 is 2.33 bits per heavy atom. The minimum atomic E-state index is 0.513. The molecule has 0 spiro atoms. The molecular weight excluding hydrogens is 230 g/mol. The van der Waals surface area contributed by atoms with E-state index in [2.05, 4.69) is 21.4 Å². The third-order valence-electron chi connectivity index (χ3n) is 1.86. The molecule has 0 aromatic carbocycles. The van der Waals surface area contributed by atoms with E-state index in [1.165, 1.54) is 17.0 Å². The van der Waals surface area contributed by atoms with Crippen LogP contribution in [0.1, 0.15) is 11.4 Å². The van der Waals surface area contributed by atoms with Gasteiger partial charge >= 0.3 is 0 Å². The lowest BCUT2D eigenvalue weighted by Crippen LogP contribution is -1.95. The van der Waals surface area contributed by atoms with Crippen LogP contribution < -0.4 is 5.73 Å². The van der Waals surface area contributed by atoms with Crippen LogP contribution in [0.3, 0.4) is 0 Å². The maximum Gasteiger partial charge on any atom is 0.203 e. The van der Waals surface area contributed by atoms with E-state index in [-0.39, 0.29) is 0 Å². The number of nitrogens with two attached hydrogens (primary N) is 1.